The monoisotopic (exact) mass is 494 g/mol. The third-order valence-corrected chi connectivity index (χ3v) is 9.85. The van der Waals surface area contributed by atoms with Crippen molar-refractivity contribution in [1.82, 2.24) is 0 Å². The van der Waals surface area contributed by atoms with Gasteiger partial charge in [0.05, 0.1) is 19.3 Å². The first-order chi connectivity index (χ1) is 16.5. The summed E-state index contributed by atoms with van der Waals surface area (Å²) in [7, 11) is 0. The van der Waals surface area contributed by atoms with E-state index in [0.29, 0.717) is 12.0 Å². The van der Waals surface area contributed by atoms with Crippen LogP contribution in [0.4, 0.5) is 0 Å². The van der Waals surface area contributed by atoms with E-state index in [-0.39, 0.29) is 35.9 Å². The van der Waals surface area contributed by atoms with Crippen LogP contribution >= 0.6 is 0 Å². The molecule has 0 aromatic carbocycles. The normalized spacial score (nSPS) is 49.7. The zero-order chi connectivity index (χ0) is 25.3. The lowest BCUT2D eigenvalue weighted by atomic mass is 9.45. The highest BCUT2D eigenvalue weighted by Crippen LogP contribution is 2.64. The summed E-state index contributed by atoms with van der Waals surface area (Å²) in [5.41, 5.74) is 2.28. The van der Waals surface area contributed by atoms with Crippen molar-refractivity contribution in [2.24, 2.45) is 22.7 Å². The Morgan fingerprint density at radius 3 is 2.54 bits per heavy atom. The van der Waals surface area contributed by atoms with Gasteiger partial charge in [-0.3, -0.25) is 0 Å². The minimum Gasteiger partial charge on any atom is -0.454 e. The van der Waals surface area contributed by atoms with Crippen LogP contribution in [0.2, 0.25) is 0 Å². The highest BCUT2D eigenvalue weighted by atomic mass is 16.7. The Balaban J connectivity index is 1.39. The van der Waals surface area contributed by atoms with Crippen molar-refractivity contribution in [2.45, 2.75) is 95.8 Å². The molecule has 0 aromatic heterocycles. The van der Waals surface area contributed by atoms with E-state index in [1.54, 1.807) is 0 Å². The van der Waals surface area contributed by atoms with Crippen LogP contribution in [-0.4, -0.2) is 87.6 Å². The summed E-state index contributed by atoms with van der Waals surface area (Å²) < 4.78 is 17.5. The number of fused-ring (bicyclic) bond motifs is 4. The van der Waals surface area contributed by atoms with Gasteiger partial charge in [0.2, 0.25) is 0 Å². The van der Waals surface area contributed by atoms with Crippen molar-refractivity contribution in [2.75, 3.05) is 13.2 Å². The lowest BCUT2D eigenvalue weighted by molar-refractivity contribution is -0.330. The van der Waals surface area contributed by atoms with Gasteiger partial charge in [0.15, 0.2) is 6.29 Å². The minimum atomic E-state index is -1.51. The summed E-state index contributed by atoms with van der Waals surface area (Å²) in [6, 6.07) is 0. The molecule has 9 nitrogen and oxygen atoms in total. The molecule has 2 saturated carbocycles. The van der Waals surface area contributed by atoms with Crippen molar-refractivity contribution in [1.29, 1.82) is 0 Å². The molecule has 5 rings (SSSR count). The van der Waals surface area contributed by atoms with Crippen LogP contribution in [0.5, 0.6) is 0 Å². The van der Waals surface area contributed by atoms with Crippen LogP contribution in [0.25, 0.3) is 0 Å². The Labute approximate surface area is 205 Å². The summed E-state index contributed by atoms with van der Waals surface area (Å²) in [5.74, 6) is 0.0985. The number of aliphatic hydroxyl groups is 5. The quantitative estimate of drug-likeness (QED) is 0.280. The van der Waals surface area contributed by atoms with E-state index in [1.807, 2.05) is 13.8 Å². The third-order valence-electron chi connectivity index (χ3n) is 9.85. The van der Waals surface area contributed by atoms with E-state index in [9.17, 15) is 30.3 Å². The second-order valence-corrected chi connectivity index (χ2v) is 11.6. The van der Waals surface area contributed by atoms with E-state index in [1.165, 1.54) is 5.57 Å². The first kappa shape index (κ1) is 25.3. The minimum absolute atomic E-state index is 0.106. The number of hydrogen-bond donors (Lipinski definition) is 5. The Morgan fingerprint density at radius 2 is 1.86 bits per heavy atom. The van der Waals surface area contributed by atoms with Gasteiger partial charge in [0.1, 0.15) is 30.5 Å². The van der Waals surface area contributed by atoms with E-state index in [4.69, 9.17) is 14.2 Å². The fraction of sp³-hybridized carbons (Fsp3) is 0.808. The van der Waals surface area contributed by atoms with Gasteiger partial charge >= 0.3 is 5.97 Å². The second-order valence-electron chi connectivity index (χ2n) is 11.6. The van der Waals surface area contributed by atoms with Gasteiger partial charge < -0.3 is 39.7 Å². The van der Waals surface area contributed by atoms with Crippen LogP contribution < -0.4 is 0 Å². The average molecular weight is 495 g/mol. The molecule has 1 saturated heterocycles. The van der Waals surface area contributed by atoms with Crippen LogP contribution in [0.3, 0.4) is 0 Å². The van der Waals surface area contributed by atoms with Gasteiger partial charge in [0.25, 0.3) is 0 Å². The predicted octanol–water partition coefficient (Wildman–Crippen LogP) is 0.568. The topological polar surface area (TPSA) is 146 Å². The molecule has 0 amide bonds. The molecule has 35 heavy (non-hydrogen) atoms. The molecular weight excluding hydrogens is 456 g/mol. The number of ether oxygens (including phenoxy) is 3. The molecule has 2 heterocycles. The Bertz CT molecular complexity index is 928. The zero-order valence-electron chi connectivity index (χ0n) is 20.6. The molecule has 3 fully saturated rings. The molecule has 0 bridgehead atoms. The van der Waals surface area contributed by atoms with E-state index < -0.39 is 48.8 Å². The molecule has 11 atom stereocenters. The van der Waals surface area contributed by atoms with E-state index in [0.717, 1.165) is 31.3 Å². The predicted molar refractivity (Wildman–Crippen MR) is 123 cm³/mol. The van der Waals surface area contributed by atoms with Crippen molar-refractivity contribution >= 4 is 5.97 Å². The number of aliphatic hydroxyl groups excluding tert-OH is 5. The van der Waals surface area contributed by atoms with Crippen molar-refractivity contribution < 1.29 is 44.5 Å². The standard InChI is InChI=1S/C26H38O9/c1-12-14-8-13-4-5-18-25(2,15(13)9-16(14)33-23(12)32)7-6-19(26(18,3)11-28)35-24-22(31)21(30)20(29)17(10-27)34-24/h8,15-22,24,27-31H,4-7,9-11H2,1-3H3/t15-,16-,17-,18+,19-,20-,21+,22-,24+,25+,26-/m1/s1. The molecular formula is C26H38O9. The average Bonchev–Trinajstić information content (AvgIpc) is 3.12. The van der Waals surface area contributed by atoms with Gasteiger partial charge in [-0.15, -0.1) is 0 Å². The molecule has 0 spiro atoms. The van der Waals surface area contributed by atoms with Gasteiger partial charge in [-0.2, -0.15) is 0 Å². The van der Waals surface area contributed by atoms with E-state index >= 15 is 0 Å². The third kappa shape index (κ3) is 3.74. The fourth-order valence-corrected chi connectivity index (χ4v) is 7.71. The maximum Gasteiger partial charge on any atom is 0.334 e. The summed E-state index contributed by atoms with van der Waals surface area (Å²) in [6.45, 7) is 5.46. The molecule has 196 valence electrons. The summed E-state index contributed by atoms with van der Waals surface area (Å²) in [5, 5.41) is 51.0. The van der Waals surface area contributed by atoms with Gasteiger partial charge in [-0.1, -0.05) is 25.5 Å². The first-order valence-corrected chi connectivity index (χ1v) is 12.7. The zero-order valence-corrected chi connectivity index (χ0v) is 20.6. The summed E-state index contributed by atoms with van der Waals surface area (Å²) >= 11 is 0. The first-order valence-electron chi connectivity index (χ1n) is 12.7. The maximum absolute atomic E-state index is 12.2. The molecule has 5 N–H and O–H groups in total. The van der Waals surface area contributed by atoms with Gasteiger partial charge in [-0.05, 0) is 56.3 Å². The lowest BCUT2D eigenvalue weighted by Crippen LogP contribution is -2.63. The molecule has 2 aliphatic heterocycles. The lowest BCUT2D eigenvalue weighted by Gasteiger charge is -2.61. The molecule has 9 heteroatoms. The van der Waals surface area contributed by atoms with Gasteiger partial charge in [0, 0.05) is 16.6 Å². The smallest absolute Gasteiger partial charge is 0.334 e. The molecule has 3 aliphatic carbocycles. The van der Waals surface area contributed by atoms with Crippen molar-refractivity contribution in [3.8, 4) is 0 Å². The Hall–Kier alpha value is -1.33. The van der Waals surface area contributed by atoms with Crippen LogP contribution in [0, 0.1) is 22.7 Å². The van der Waals surface area contributed by atoms with Gasteiger partial charge in [-0.25, -0.2) is 4.79 Å². The van der Waals surface area contributed by atoms with E-state index in [2.05, 4.69) is 13.0 Å². The number of carbonyl (C=O) groups is 1. The maximum atomic E-state index is 12.2. The van der Waals surface area contributed by atoms with Crippen molar-refractivity contribution in [3.05, 3.63) is 22.8 Å². The van der Waals surface area contributed by atoms with Crippen LogP contribution in [0.15, 0.2) is 22.8 Å². The number of esters is 1. The number of hydrogen-bond acceptors (Lipinski definition) is 9. The fourth-order valence-electron chi connectivity index (χ4n) is 7.71. The SMILES string of the molecule is CC1=C2C=C3CC[C@H]4[C@@](C)(CC[C@@H](O[C@@H]5O[C@H](CO)[C@@H](O)[C@H](O)[C@H]5O)[C@]4(C)CO)[C@@H]3C[C@H]2OC1=O. The number of carbonyl (C=O) groups excluding carboxylic acids is 1. The summed E-state index contributed by atoms with van der Waals surface area (Å²) in [6.07, 6.45) is -1.31. The van der Waals surface area contributed by atoms with Crippen LogP contribution in [-0.2, 0) is 19.0 Å². The number of rotatable bonds is 4. The second kappa shape index (κ2) is 8.90. The molecule has 5 aliphatic rings. The molecule has 0 aromatic rings. The highest BCUT2D eigenvalue weighted by Gasteiger charge is 2.60. The van der Waals surface area contributed by atoms with Crippen molar-refractivity contribution in [3.63, 3.8) is 0 Å². The largest absolute Gasteiger partial charge is 0.454 e. The Kier molecular flexibility index (Phi) is 6.44. The Morgan fingerprint density at radius 1 is 1.11 bits per heavy atom. The van der Waals surface area contributed by atoms with Crippen LogP contribution in [0.1, 0.15) is 52.9 Å². The number of allylic oxidation sites excluding steroid dienone is 1. The summed E-state index contributed by atoms with van der Waals surface area (Å²) in [4.78, 5) is 12.2. The molecule has 0 radical (unpaired) electrons. The highest BCUT2D eigenvalue weighted by molar-refractivity contribution is 5.92. The molecule has 0 unspecified atom stereocenters.